The summed E-state index contributed by atoms with van der Waals surface area (Å²) in [5, 5.41) is 4.18. The first-order valence-electron chi connectivity index (χ1n) is 5.97. The molecule has 0 saturated heterocycles. The van der Waals surface area contributed by atoms with Gasteiger partial charge in [0, 0.05) is 23.2 Å². The third-order valence-electron chi connectivity index (χ3n) is 3.26. The van der Waals surface area contributed by atoms with Crippen LogP contribution in [0.2, 0.25) is 5.02 Å². The number of nitrogens with two attached hydrogens (primary N) is 1. The van der Waals surface area contributed by atoms with Crippen LogP contribution in [0.15, 0.2) is 18.2 Å². The smallest absolute Gasteiger partial charge is 0.123 e. The maximum atomic E-state index is 5.97. The second-order valence-electron chi connectivity index (χ2n) is 4.68. The zero-order valence-corrected chi connectivity index (χ0v) is 10.8. The Morgan fingerprint density at radius 3 is 2.88 bits per heavy atom. The van der Waals surface area contributed by atoms with Crippen molar-refractivity contribution in [1.29, 1.82) is 0 Å². The van der Waals surface area contributed by atoms with Gasteiger partial charge in [-0.2, -0.15) is 0 Å². The van der Waals surface area contributed by atoms with Crippen molar-refractivity contribution in [3.8, 4) is 5.75 Å². The number of rotatable bonds is 5. The summed E-state index contributed by atoms with van der Waals surface area (Å²) in [6, 6.07) is 6.11. The molecule has 0 amide bonds. The third-order valence-corrected chi connectivity index (χ3v) is 3.50. The number of nitrogens with one attached hydrogen (secondary N) is 1. The van der Waals surface area contributed by atoms with Gasteiger partial charge in [0.05, 0.1) is 7.11 Å². The Balaban J connectivity index is 1.83. The van der Waals surface area contributed by atoms with Gasteiger partial charge in [0.1, 0.15) is 5.75 Å². The van der Waals surface area contributed by atoms with Crippen molar-refractivity contribution in [2.75, 3.05) is 13.7 Å². The number of benzene rings is 1. The lowest BCUT2D eigenvalue weighted by atomic mass is 9.81. The summed E-state index contributed by atoms with van der Waals surface area (Å²) in [5.74, 6) is 1.61. The highest BCUT2D eigenvalue weighted by Crippen LogP contribution is 2.25. The molecule has 1 aliphatic rings. The molecule has 0 aliphatic heterocycles. The normalized spacial score (nSPS) is 23.2. The molecule has 0 spiro atoms. The molecule has 1 aromatic rings. The molecule has 1 aliphatic carbocycles. The van der Waals surface area contributed by atoms with Crippen molar-refractivity contribution in [2.45, 2.75) is 25.4 Å². The Labute approximate surface area is 107 Å². The minimum atomic E-state index is 0.419. The van der Waals surface area contributed by atoms with Gasteiger partial charge in [-0.15, -0.1) is 0 Å². The molecular weight excluding hydrogens is 236 g/mol. The third kappa shape index (κ3) is 3.35. The largest absolute Gasteiger partial charge is 0.496 e. The van der Waals surface area contributed by atoms with E-state index in [1.165, 1.54) is 0 Å². The molecule has 1 fully saturated rings. The lowest BCUT2D eigenvalue weighted by molar-refractivity contribution is 0.255. The SMILES string of the molecule is COc1ccc(Cl)cc1CNCC1CC(N)C1. The fraction of sp³-hybridized carbons (Fsp3) is 0.538. The maximum Gasteiger partial charge on any atom is 0.123 e. The zero-order chi connectivity index (χ0) is 12.3. The van der Waals surface area contributed by atoms with Crippen molar-refractivity contribution in [1.82, 2.24) is 5.32 Å². The van der Waals surface area contributed by atoms with Crippen molar-refractivity contribution in [3.05, 3.63) is 28.8 Å². The summed E-state index contributed by atoms with van der Waals surface area (Å²) in [5.41, 5.74) is 6.85. The molecule has 0 aromatic heterocycles. The minimum absolute atomic E-state index is 0.419. The molecular formula is C13H19ClN2O. The highest BCUT2D eigenvalue weighted by molar-refractivity contribution is 6.30. The molecule has 0 bridgehead atoms. The topological polar surface area (TPSA) is 47.3 Å². The van der Waals surface area contributed by atoms with Crippen LogP contribution >= 0.6 is 11.6 Å². The molecule has 0 heterocycles. The van der Waals surface area contributed by atoms with Crippen LogP contribution in [0.3, 0.4) is 0 Å². The molecule has 2 rings (SSSR count). The molecule has 0 radical (unpaired) electrons. The van der Waals surface area contributed by atoms with E-state index in [-0.39, 0.29) is 0 Å². The van der Waals surface area contributed by atoms with E-state index in [1.807, 2.05) is 18.2 Å². The van der Waals surface area contributed by atoms with E-state index in [1.54, 1.807) is 7.11 Å². The van der Waals surface area contributed by atoms with Gasteiger partial charge >= 0.3 is 0 Å². The van der Waals surface area contributed by atoms with Crippen molar-refractivity contribution in [3.63, 3.8) is 0 Å². The quantitative estimate of drug-likeness (QED) is 0.847. The van der Waals surface area contributed by atoms with Crippen LogP contribution in [-0.2, 0) is 6.54 Å². The molecule has 1 aromatic carbocycles. The van der Waals surface area contributed by atoms with E-state index >= 15 is 0 Å². The van der Waals surface area contributed by atoms with E-state index in [0.29, 0.717) is 6.04 Å². The van der Waals surface area contributed by atoms with Crippen LogP contribution in [0.1, 0.15) is 18.4 Å². The second kappa shape index (κ2) is 5.71. The standard InChI is InChI=1S/C13H19ClN2O/c1-17-13-3-2-11(14)6-10(13)8-16-7-9-4-12(15)5-9/h2-3,6,9,12,16H,4-5,7-8,15H2,1H3. The van der Waals surface area contributed by atoms with Gasteiger partial charge in [-0.25, -0.2) is 0 Å². The Hall–Kier alpha value is -0.770. The summed E-state index contributed by atoms with van der Waals surface area (Å²) in [7, 11) is 1.68. The van der Waals surface area contributed by atoms with Gasteiger partial charge < -0.3 is 15.8 Å². The molecule has 4 heteroatoms. The minimum Gasteiger partial charge on any atom is -0.496 e. The lowest BCUT2D eigenvalue weighted by Gasteiger charge is -2.32. The van der Waals surface area contributed by atoms with E-state index in [0.717, 1.165) is 48.2 Å². The van der Waals surface area contributed by atoms with Crippen molar-refractivity contribution < 1.29 is 4.74 Å². The highest BCUT2D eigenvalue weighted by atomic mass is 35.5. The van der Waals surface area contributed by atoms with Crippen LogP contribution in [0.5, 0.6) is 5.75 Å². The number of hydrogen-bond acceptors (Lipinski definition) is 3. The Bertz CT molecular complexity index is 378. The van der Waals surface area contributed by atoms with Gasteiger partial charge in [0.2, 0.25) is 0 Å². The zero-order valence-electron chi connectivity index (χ0n) is 10.1. The van der Waals surface area contributed by atoms with Gasteiger partial charge in [0.25, 0.3) is 0 Å². The van der Waals surface area contributed by atoms with Gasteiger partial charge in [-0.1, -0.05) is 11.6 Å². The van der Waals surface area contributed by atoms with Gasteiger partial charge in [-0.05, 0) is 43.5 Å². The van der Waals surface area contributed by atoms with Gasteiger partial charge in [0.15, 0.2) is 0 Å². The monoisotopic (exact) mass is 254 g/mol. The number of halogens is 1. The maximum absolute atomic E-state index is 5.97. The summed E-state index contributed by atoms with van der Waals surface area (Å²) in [6.07, 6.45) is 2.28. The van der Waals surface area contributed by atoms with E-state index in [4.69, 9.17) is 22.1 Å². The Kier molecular flexibility index (Phi) is 4.26. The Morgan fingerprint density at radius 2 is 2.24 bits per heavy atom. The van der Waals surface area contributed by atoms with Gasteiger partial charge in [-0.3, -0.25) is 0 Å². The number of methoxy groups -OCH3 is 1. The van der Waals surface area contributed by atoms with Crippen LogP contribution < -0.4 is 15.8 Å². The van der Waals surface area contributed by atoms with E-state index < -0.39 is 0 Å². The van der Waals surface area contributed by atoms with E-state index in [9.17, 15) is 0 Å². The van der Waals surface area contributed by atoms with Crippen LogP contribution in [0.4, 0.5) is 0 Å². The van der Waals surface area contributed by atoms with E-state index in [2.05, 4.69) is 5.32 Å². The number of hydrogen-bond donors (Lipinski definition) is 2. The molecule has 1 saturated carbocycles. The fourth-order valence-electron chi connectivity index (χ4n) is 2.25. The van der Waals surface area contributed by atoms with Crippen molar-refractivity contribution >= 4 is 11.6 Å². The predicted octanol–water partition coefficient (Wildman–Crippen LogP) is 2.18. The summed E-state index contributed by atoms with van der Waals surface area (Å²) in [4.78, 5) is 0. The molecule has 94 valence electrons. The highest BCUT2D eigenvalue weighted by Gasteiger charge is 2.25. The second-order valence-corrected chi connectivity index (χ2v) is 5.12. The lowest BCUT2D eigenvalue weighted by Crippen LogP contribution is -2.41. The molecule has 0 unspecified atom stereocenters. The number of ether oxygens (including phenoxy) is 1. The molecule has 3 N–H and O–H groups in total. The van der Waals surface area contributed by atoms with Crippen LogP contribution in [0, 0.1) is 5.92 Å². The predicted molar refractivity (Wildman–Crippen MR) is 70.4 cm³/mol. The first-order chi connectivity index (χ1) is 8.19. The molecule has 0 atom stereocenters. The average molecular weight is 255 g/mol. The first-order valence-corrected chi connectivity index (χ1v) is 6.35. The molecule has 17 heavy (non-hydrogen) atoms. The Morgan fingerprint density at radius 1 is 1.47 bits per heavy atom. The average Bonchev–Trinajstić information content (AvgIpc) is 2.27. The first kappa shape index (κ1) is 12.7. The van der Waals surface area contributed by atoms with Crippen LogP contribution in [-0.4, -0.2) is 19.7 Å². The summed E-state index contributed by atoms with van der Waals surface area (Å²) >= 11 is 5.97. The summed E-state index contributed by atoms with van der Waals surface area (Å²) < 4.78 is 5.30. The fourth-order valence-corrected chi connectivity index (χ4v) is 2.44. The van der Waals surface area contributed by atoms with Crippen LogP contribution in [0.25, 0.3) is 0 Å². The molecule has 3 nitrogen and oxygen atoms in total. The summed E-state index contributed by atoms with van der Waals surface area (Å²) in [6.45, 7) is 1.80. The van der Waals surface area contributed by atoms with Crippen molar-refractivity contribution in [2.24, 2.45) is 11.7 Å².